The molecule has 2 saturated carbocycles. The molecule has 0 aliphatic heterocycles. The summed E-state index contributed by atoms with van der Waals surface area (Å²) < 4.78 is 4.62. The van der Waals surface area contributed by atoms with E-state index in [1.54, 1.807) is 0 Å². The molecule has 2 fully saturated rings. The van der Waals surface area contributed by atoms with Gasteiger partial charge in [-0.25, -0.2) is 0 Å². The Morgan fingerprint density at radius 2 is 2.00 bits per heavy atom. The SMILES string of the molecule is COC(=O)CCC/C=C\CC1C2CCC(C2)C1CN. The van der Waals surface area contributed by atoms with Crippen LogP contribution in [0.4, 0.5) is 0 Å². The number of allylic oxidation sites excluding steroid dienone is 2. The number of rotatable bonds is 7. The van der Waals surface area contributed by atoms with E-state index in [0.717, 1.165) is 43.1 Å². The summed E-state index contributed by atoms with van der Waals surface area (Å²) in [5.41, 5.74) is 5.94. The molecule has 3 heteroatoms. The molecule has 0 aromatic rings. The summed E-state index contributed by atoms with van der Waals surface area (Å²) in [6.45, 7) is 0.863. The van der Waals surface area contributed by atoms with Gasteiger partial charge in [0.25, 0.3) is 0 Å². The summed E-state index contributed by atoms with van der Waals surface area (Å²) in [7, 11) is 1.44. The van der Waals surface area contributed by atoms with Crippen molar-refractivity contribution in [3.8, 4) is 0 Å². The lowest BCUT2D eigenvalue weighted by molar-refractivity contribution is -0.140. The van der Waals surface area contributed by atoms with E-state index in [-0.39, 0.29) is 5.97 Å². The first-order valence-electron chi connectivity index (χ1n) is 7.68. The molecular formula is C16H27NO2. The van der Waals surface area contributed by atoms with Crippen LogP contribution in [-0.2, 0) is 9.53 Å². The molecule has 4 unspecified atom stereocenters. The average molecular weight is 265 g/mol. The molecule has 0 heterocycles. The van der Waals surface area contributed by atoms with E-state index in [9.17, 15) is 4.79 Å². The third-order valence-corrected chi connectivity index (χ3v) is 5.10. The number of hydrogen-bond donors (Lipinski definition) is 1. The summed E-state index contributed by atoms with van der Waals surface area (Å²) in [6.07, 6.45) is 12.4. The highest BCUT2D eigenvalue weighted by Crippen LogP contribution is 2.53. The quantitative estimate of drug-likeness (QED) is 0.437. The Morgan fingerprint density at radius 3 is 2.68 bits per heavy atom. The molecule has 108 valence electrons. The third kappa shape index (κ3) is 3.59. The van der Waals surface area contributed by atoms with Crippen LogP contribution in [0.1, 0.15) is 44.9 Å². The van der Waals surface area contributed by atoms with E-state index < -0.39 is 0 Å². The Hall–Kier alpha value is -0.830. The normalized spacial score (nSPS) is 33.2. The van der Waals surface area contributed by atoms with Gasteiger partial charge in [0.2, 0.25) is 0 Å². The highest BCUT2D eigenvalue weighted by atomic mass is 16.5. The van der Waals surface area contributed by atoms with Crippen molar-refractivity contribution in [1.82, 2.24) is 0 Å². The number of ether oxygens (including phenoxy) is 1. The smallest absolute Gasteiger partial charge is 0.305 e. The molecule has 0 radical (unpaired) electrons. The van der Waals surface area contributed by atoms with Gasteiger partial charge >= 0.3 is 5.97 Å². The predicted octanol–water partition coefficient (Wildman–Crippen LogP) is 2.90. The van der Waals surface area contributed by atoms with E-state index in [0.29, 0.717) is 6.42 Å². The Balaban J connectivity index is 1.66. The Bertz CT molecular complexity index is 327. The van der Waals surface area contributed by atoms with E-state index in [1.807, 2.05) is 0 Å². The van der Waals surface area contributed by atoms with E-state index in [4.69, 9.17) is 5.73 Å². The van der Waals surface area contributed by atoms with Crippen molar-refractivity contribution in [3.05, 3.63) is 12.2 Å². The zero-order chi connectivity index (χ0) is 13.7. The zero-order valence-electron chi connectivity index (χ0n) is 12.0. The number of hydrogen-bond acceptors (Lipinski definition) is 3. The van der Waals surface area contributed by atoms with Crippen LogP contribution in [0.5, 0.6) is 0 Å². The first-order valence-corrected chi connectivity index (χ1v) is 7.68. The Morgan fingerprint density at radius 1 is 1.26 bits per heavy atom. The predicted molar refractivity (Wildman–Crippen MR) is 76.5 cm³/mol. The standard InChI is InChI=1S/C16H27NO2/c1-19-16(18)7-5-3-2-4-6-14-12-8-9-13(10-12)15(14)11-17/h2,4,12-15H,3,5-11,17H2,1H3/b4-2-. The highest BCUT2D eigenvalue weighted by molar-refractivity contribution is 5.68. The lowest BCUT2D eigenvalue weighted by atomic mass is 9.77. The van der Waals surface area contributed by atoms with Crippen molar-refractivity contribution in [3.63, 3.8) is 0 Å². The van der Waals surface area contributed by atoms with Gasteiger partial charge in [-0.2, -0.15) is 0 Å². The molecule has 2 aliphatic carbocycles. The number of carbonyl (C=O) groups excluding carboxylic acids is 1. The van der Waals surface area contributed by atoms with Crippen LogP contribution in [-0.4, -0.2) is 19.6 Å². The van der Waals surface area contributed by atoms with Gasteiger partial charge in [-0.1, -0.05) is 12.2 Å². The first-order chi connectivity index (χ1) is 9.26. The second-order valence-electron chi connectivity index (χ2n) is 6.07. The first kappa shape index (κ1) is 14.6. The Kier molecular flexibility index (Phi) is 5.44. The van der Waals surface area contributed by atoms with E-state index in [2.05, 4.69) is 16.9 Å². The molecule has 3 nitrogen and oxygen atoms in total. The van der Waals surface area contributed by atoms with Gasteiger partial charge in [0.15, 0.2) is 0 Å². The molecule has 4 atom stereocenters. The molecule has 0 aromatic heterocycles. The minimum absolute atomic E-state index is 0.107. The van der Waals surface area contributed by atoms with Crippen LogP contribution < -0.4 is 5.73 Å². The fourth-order valence-electron chi connectivity index (χ4n) is 4.10. The maximum absolute atomic E-state index is 11.0. The summed E-state index contributed by atoms with van der Waals surface area (Å²) in [5.74, 6) is 3.31. The van der Waals surface area contributed by atoms with Crippen molar-refractivity contribution in [2.24, 2.45) is 29.4 Å². The van der Waals surface area contributed by atoms with Crippen LogP contribution in [0, 0.1) is 23.7 Å². The molecule has 0 spiro atoms. The maximum atomic E-state index is 11.0. The van der Waals surface area contributed by atoms with Crippen LogP contribution in [0.2, 0.25) is 0 Å². The third-order valence-electron chi connectivity index (χ3n) is 5.10. The molecule has 2 N–H and O–H groups in total. The van der Waals surface area contributed by atoms with Crippen LogP contribution >= 0.6 is 0 Å². The van der Waals surface area contributed by atoms with Gasteiger partial charge in [0, 0.05) is 6.42 Å². The number of nitrogens with two attached hydrogens (primary N) is 1. The van der Waals surface area contributed by atoms with Crippen molar-refractivity contribution < 1.29 is 9.53 Å². The molecule has 19 heavy (non-hydrogen) atoms. The average Bonchev–Trinajstić information content (AvgIpc) is 3.02. The minimum Gasteiger partial charge on any atom is -0.469 e. The second-order valence-corrected chi connectivity index (χ2v) is 6.07. The van der Waals surface area contributed by atoms with Gasteiger partial charge in [0.1, 0.15) is 0 Å². The van der Waals surface area contributed by atoms with Gasteiger partial charge < -0.3 is 10.5 Å². The van der Waals surface area contributed by atoms with Crippen molar-refractivity contribution >= 4 is 5.97 Å². The number of methoxy groups -OCH3 is 1. The van der Waals surface area contributed by atoms with Gasteiger partial charge in [-0.05, 0) is 68.7 Å². The molecule has 2 aliphatic rings. The van der Waals surface area contributed by atoms with Crippen LogP contribution in [0.25, 0.3) is 0 Å². The fraction of sp³-hybridized carbons (Fsp3) is 0.812. The molecule has 2 bridgehead atoms. The Labute approximate surface area is 116 Å². The van der Waals surface area contributed by atoms with Crippen LogP contribution in [0.15, 0.2) is 12.2 Å². The van der Waals surface area contributed by atoms with Gasteiger partial charge in [0.05, 0.1) is 7.11 Å². The lowest BCUT2D eigenvalue weighted by Gasteiger charge is -2.29. The minimum atomic E-state index is -0.107. The number of esters is 1. The summed E-state index contributed by atoms with van der Waals surface area (Å²) in [5, 5.41) is 0. The van der Waals surface area contributed by atoms with Crippen molar-refractivity contribution in [1.29, 1.82) is 0 Å². The topological polar surface area (TPSA) is 52.3 Å². The van der Waals surface area contributed by atoms with Gasteiger partial charge in [-0.15, -0.1) is 0 Å². The summed E-state index contributed by atoms with van der Waals surface area (Å²) in [4.78, 5) is 11.0. The number of carbonyl (C=O) groups is 1. The number of fused-ring (bicyclic) bond motifs is 2. The zero-order valence-corrected chi connectivity index (χ0v) is 12.0. The van der Waals surface area contributed by atoms with Gasteiger partial charge in [-0.3, -0.25) is 4.79 Å². The molecule has 0 saturated heterocycles. The lowest BCUT2D eigenvalue weighted by Crippen LogP contribution is -2.28. The second kappa shape index (κ2) is 7.09. The molecular weight excluding hydrogens is 238 g/mol. The van der Waals surface area contributed by atoms with E-state index >= 15 is 0 Å². The summed E-state index contributed by atoms with van der Waals surface area (Å²) >= 11 is 0. The fourth-order valence-corrected chi connectivity index (χ4v) is 4.10. The van der Waals surface area contributed by atoms with Crippen LogP contribution in [0.3, 0.4) is 0 Å². The van der Waals surface area contributed by atoms with E-state index in [1.165, 1.54) is 32.8 Å². The molecule has 0 amide bonds. The van der Waals surface area contributed by atoms with Crippen molar-refractivity contribution in [2.75, 3.05) is 13.7 Å². The largest absolute Gasteiger partial charge is 0.469 e. The summed E-state index contributed by atoms with van der Waals surface area (Å²) in [6, 6.07) is 0. The van der Waals surface area contributed by atoms with Crippen molar-refractivity contribution in [2.45, 2.75) is 44.9 Å². The molecule has 2 rings (SSSR count). The molecule has 0 aromatic carbocycles. The monoisotopic (exact) mass is 265 g/mol. The number of unbranched alkanes of at least 4 members (excludes halogenated alkanes) is 1. The highest BCUT2D eigenvalue weighted by Gasteiger charge is 2.45. The maximum Gasteiger partial charge on any atom is 0.305 e.